The van der Waals surface area contributed by atoms with E-state index in [2.05, 4.69) is 5.32 Å². The van der Waals surface area contributed by atoms with Crippen LogP contribution in [0.4, 0.5) is 8.78 Å². The van der Waals surface area contributed by atoms with E-state index in [9.17, 15) is 13.6 Å². The predicted octanol–water partition coefficient (Wildman–Crippen LogP) is 1.97. The minimum absolute atomic E-state index is 0.291. The third-order valence-corrected chi connectivity index (χ3v) is 2.65. The molecule has 1 rings (SSSR count). The topological polar surface area (TPSA) is 55.1 Å². The molecule has 0 heterocycles. The van der Waals surface area contributed by atoms with E-state index in [1.807, 2.05) is 0 Å². The summed E-state index contributed by atoms with van der Waals surface area (Å²) < 4.78 is 25.6. The highest BCUT2D eigenvalue weighted by atomic mass is 35.5. The molecule has 0 aliphatic heterocycles. The van der Waals surface area contributed by atoms with E-state index in [1.54, 1.807) is 13.0 Å². The zero-order valence-electron chi connectivity index (χ0n) is 9.27. The van der Waals surface area contributed by atoms with E-state index >= 15 is 0 Å². The average Bonchev–Trinajstić information content (AvgIpc) is 2.30. The first kappa shape index (κ1) is 13.9. The quantitative estimate of drug-likeness (QED) is 0.872. The highest BCUT2D eigenvalue weighted by molar-refractivity contribution is 6.31. The van der Waals surface area contributed by atoms with Gasteiger partial charge < -0.3 is 11.1 Å². The van der Waals surface area contributed by atoms with Crippen molar-refractivity contribution in [3.8, 4) is 0 Å². The molecule has 0 spiro atoms. The Kier molecular flexibility index (Phi) is 4.42. The molecule has 94 valence electrons. The highest BCUT2D eigenvalue weighted by Crippen LogP contribution is 2.16. The fourth-order valence-electron chi connectivity index (χ4n) is 1.17. The summed E-state index contributed by atoms with van der Waals surface area (Å²) >= 11 is 5.79. The van der Waals surface area contributed by atoms with Crippen LogP contribution in [-0.4, -0.2) is 24.9 Å². The second-order valence-electron chi connectivity index (χ2n) is 3.71. The van der Waals surface area contributed by atoms with Crippen LogP contribution in [0.25, 0.3) is 0 Å². The number of amides is 1. The van der Waals surface area contributed by atoms with Gasteiger partial charge in [0.2, 0.25) is 0 Å². The molecule has 0 aliphatic carbocycles. The van der Waals surface area contributed by atoms with Crippen molar-refractivity contribution in [3.05, 3.63) is 34.3 Å². The average molecular weight is 263 g/mol. The molecule has 6 heteroatoms. The van der Waals surface area contributed by atoms with Gasteiger partial charge in [0, 0.05) is 10.6 Å². The van der Waals surface area contributed by atoms with Crippen LogP contribution in [0.5, 0.6) is 0 Å². The van der Waals surface area contributed by atoms with Crippen molar-refractivity contribution in [1.29, 1.82) is 0 Å². The number of aryl methyl sites for hydroxylation is 1. The van der Waals surface area contributed by atoms with Gasteiger partial charge in [0.25, 0.3) is 11.8 Å². The molecule has 0 saturated carbocycles. The fraction of sp³-hybridized carbons (Fsp3) is 0.364. The Balaban J connectivity index is 2.68. The fourth-order valence-corrected chi connectivity index (χ4v) is 1.29. The Bertz CT molecular complexity index is 424. The first-order valence-electron chi connectivity index (χ1n) is 4.98. The van der Waals surface area contributed by atoms with Gasteiger partial charge in [0.15, 0.2) is 0 Å². The largest absolute Gasteiger partial charge is 0.346 e. The minimum atomic E-state index is -3.09. The summed E-state index contributed by atoms with van der Waals surface area (Å²) in [6.45, 7) is 0.157. The van der Waals surface area contributed by atoms with Crippen molar-refractivity contribution < 1.29 is 13.6 Å². The van der Waals surface area contributed by atoms with Gasteiger partial charge in [-0.25, -0.2) is 8.78 Å². The van der Waals surface area contributed by atoms with Crippen LogP contribution in [0.1, 0.15) is 15.9 Å². The zero-order chi connectivity index (χ0) is 13.1. The monoisotopic (exact) mass is 262 g/mol. The van der Waals surface area contributed by atoms with E-state index in [1.165, 1.54) is 12.1 Å². The Hall–Kier alpha value is -1.20. The Morgan fingerprint density at radius 1 is 1.53 bits per heavy atom. The van der Waals surface area contributed by atoms with Crippen LogP contribution >= 0.6 is 11.6 Å². The summed E-state index contributed by atoms with van der Waals surface area (Å²) in [5.74, 6) is -3.66. The van der Waals surface area contributed by atoms with Crippen LogP contribution < -0.4 is 11.1 Å². The summed E-state index contributed by atoms with van der Waals surface area (Å²) in [6, 6.07) is 4.57. The van der Waals surface area contributed by atoms with Gasteiger partial charge >= 0.3 is 0 Å². The molecule has 1 aromatic rings. The molecule has 17 heavy (non-hydrogen) atoms. The summed E-state index contributed by atoms with van der Waals surface area (Å²) in [4.78, 5) is 11.5. The summed E-state index contributed by atoms with van der Waals surface area (Å²) in [5.41, 5.74) is 5.86. The van der Waals surface area contributed by atoms with Crippen LogP contribution in [-0.2, 0) is 0 Å². The van der Waals surface area contributed by atoms with Gasteiger partial charge in [-0.1, -0.05) is 11.6 Å². The molecular weight excluding hydrogens is 250 g/mol. The standard InChI is InChI=1S/C11H13ClF2N2O/c1-7-4-8(2-3-9(7)12)10(17)16-6-11(13,14)5-15/h2-4H,5-6,15H2,1H3,(H,16,17). The molecule has 1 amide bonds. The van der Waals surface area contributed by atoms with Crippen molar-refractivity contribution in [3.63, 3.8) is 0 Å². The normalized spacial score (nSPS) is 11.4. The number of benzene rings is 1. The van der Waals surface area contributed by atoms with Gasteiger partial charge in [-0.3, -0.25) is 4.79 Å². The molecule has 0 saturated heterocycles. The van der Waals surface area contributed by atoms with E-state index in [0.717, 1.165) is 0 Å². The van der Waals surface area contributed by atoms with Gasteiger partial charge in [-0.05, 0) is 30.7 Å². The molecule has 1 aromatic carbocycles. The number of carbonyl (C=O) groups is 1. The number of carbonyl (C=O) groups excluding carboxylic acids is 1. The summed E-state index contributed by atoms with van der Waals surface area (Å²) in [6.07, 6.45) is 0. The third-order valence-electron chi connectivity index (χ3n) is 2.23. The molecule has 0 fully saturated rings. The molecule has 3 N–H and O–H groups in total. The summed E-state index contributed by atoms with van der Waals surface area (Å²) in [7, 11) is 0. The van der Waals surface area contributed by atoms with Gasteiger partial charge in [-0.15, -0.1) is 0 Å². The van der Waals surface area contributed by atoms with E-state index in [4.69, 9.17) is 17.3 Å². The summed E-state index contributed by atoms with van der Waals surface area (Å²) in [5, 5.41) is 2.65. The number of nitrogens with one attached hydrogen (secondary N) is 1. The first-order chi connectivity index (χ1) is 7.85. The SMILES string of the molecule is Cc1cc(C(=O)NCC(F)(F)CN)ccc1Cl. The lowest BCUT2D eigenvalue weighted by Gasteiger charge is -2.14. The number of hydrogen-bond acceptors (Lipinski definition) is 2. The Morgan fingerprint density at radius 2 is 2.18 bits per heavy atom. The van der Waals surface area contributed by atoms with E-state index < -0.39 is 24.9 Å². The maximum atomic E-state index is 12.8. The molecular formula is C11H13ClF2N2O. The smallest absolute Gasteiger partial charge is 0.277 e. The van der Waals surface area contributed by atoms with Gasteiger partial charge in [0.1, 0.15) is 0 Å². The maximum Gasteiger partial charge on any atom is 0.277 e. The lowest BCUT2D eigenvalue weighted by atomic mass is 10.1. The Morgan fingerprint density at radius 3 is 2.71 bits per heavy atom. The predicted molar refractivity (Wildman–Crippen MR) is 62.5 cm³/mol. The number of rotatable bonds is 4. The van der Waals surface area contributed by atoms with E-state index in [-0.39, 0.29) is 0 Å². The van der Waals surface area contributed by atoms with Crippen LogP contribution in [0.15, 0.2) is 18.2 Å². The van der Waals surface area contributed by atoms with Crippen molar-refractivity contribution in [1.82, 2.24) is 5.32 Å². The molecule has 0 atom stereocenters. The Labute approximate surface area is 103 Å². The number of halogens is 3. The highest BCUT2D eigenvalue weighted by Gasteiger charge is 2.27. The van der Waals surface area contributed by atoms with Crippen molar-refractivity contribution in [2.24, 2.45) is 5.73 Å². The maximum absolute atomic E-state index is 12.8. The van der Waals surface area contributed by atoms with Crippen LogP contribution in [0.2, 0.25) is 5.02 Å². The third kappa shape index (κ3) is 3.94. The molecule has 0 bridgehead atoms. The van der Waals surface area contributed by atoms with Crippen LogP contribution in [0, 0.1) is 6.92 Å². The van der Waals surface area contributed by atoms with E-state index in [0.29, 0.717) is 16.1 Å². The van der Waals surface area contributed by atoms with Gasteiger partial charge in [0.05, 0.1) is 13.1 Å². The van der Waals surface area contributed by atoms with Crippen molar-refractivity contribution in [2.45, 2.75) is 12.8 Å². The van der Waals surface area contributed by atoms with Crippen molar-refractivity contribution >= 4 is 17.5 Å². The zero-order valence-corrected chi connectivity index (χ0v) is 10.0. The van der Waals surface area contributed by atoms with Crippen LogP contribution in [0.3, 0.4) is 0 Å². The number of hydrogen-bond donors (Lipinski definition) is 2. The minimum Gasteiger partial charge on any atom is -0.346 e. The molecule has 0 aliphatic rings. The lowest BCUT2D eigenvalue weighted by molar-refractivity contribution is 0.0118. The molecule has 0 aromatic heterocycles. The molecule has 3 nitrogen and oxygen atoms in total. The lowest BCUT2D eigenvalue weighted by Crippen LogP contribution is -2.41. The number of nitrogens with two attached hydrogens (primary N) is 1. The second kappa shape index (κ2) is 5.42. The molecule has 0 unspecified atom stereocenters. The molecule has 0 radical (unpaired) electrons. The number of alkyl halides is 2. The van der Waals surface area contributed by atoms with Crippen molar-refractivity contribution in [2.75, 3.05) is 13.1 Å². The van der Waals surface area contributed by atoms with Gasteiger partial charge in [-0.2, -0.15) is 0 Å². The second-order valence-corrected chi connectivity index (χ2v) is 4.11. The first-order valence-corrected chi connectivity index (χ1v) is 5.36.